The summed E-state index contributed by atoms with van der Waals surface area (Å²) in [7, 11) is 0. The highest BCUT2D eigenvalue weighted by atomic mass is 19.4. The van der Waals surface area contributed by atoms with E-state index in [0.717, 1.165) is 19.0 Å². The number of piperazine rings is 1. The SMILES string of the molecule is CC(C)(C)OC(=O)N1CCN(c2c(N)cncc2C(F)(F)F)CC12CC2. The fourth-order valence-corrected chi connectivity index (χ4v) is 3.37. The van der Waals surface area contributed by atoms with Gasteiger partial charge in [0.25, 0.3) is 0 Å². The third-order valence-electron chi connectivity index (χ3n) is 4.66. The van der Waals surface area contributed by atoms with Gasteiger partial charge in [-0.1, -0.05) is 0 Å². The highest BCUT2D eigenvalue weighted by Gasteiger charge is 2.55. The molecule has 1 spiro atoms. The predicted molar refractivity (Wildman–Crippen MR) is 90.8 cm³/mol. The Kier molecular flexibility index (Phi) is 4.23. The van der Waals surface area contributed by atoms with Crippen LogP contribution < -0.4 is 10.6 Å². The molecule has 1 aliphatic carbocycles. The number of carbonyl (C=O) groups excluding carboxylic acids is 1. The van der Waals surface area contributed by atoms with Crippen LogP contribution >= 0.6 is 0 Å². The lowest BCUT2D eigenvalue weighted by Crippen LogP contribution is -2.58. The van der Waals surface area contributed by atoms with Crippen molar-refractivity contribution in [3.63, 3.8) is 0 Å². The standard InChI is InChI=1S/C17H23F3N4O2/c1-15(2,3)26-14(25)24-7-6-23(10-16(24)4-5-16)13-11(17(18,19)20)8-22-9-12(13)21/h8-9H,4-7,10,21H2,1-3H3. The van der Waals surface area contributed by atoms with Crippen LogP contribution in [0, 0.1) is 0 Å². The number of rotatable bonds is 1. The van der Waals surface area contributed by atoms with Crippen LogP contribution in [-0.4, -0.2) is 46.8 Å². The van der Waals surface area contributed by atoms with E-state index in [9.17, 15) is 18.0 Å². The number of pyridine rings is 1. The molecule has 0 atom stereocenters. The molecule has 1 aliphatic heterocycles. The fraction of sp³-hybridized carbons (Fsp3) is 0.647. The molecule has 2 N–H and O–H groups in total. The zero-order chi connectivity index (χ0) is 19.3. The first-order valence-electron chi connectivity index (χ1n) is 8.49. The number of anilines is 2. The van der Waals surface area contributed by atoms with Crippen molar-refractivity contribution in [2.45, 2.75) is 50.9 Å². The maximum Gasteiger partial charge on any atom is 0.419 e. The fourth-order valence-electron chi connectivity index (χ4n) is 3.37. The molecule has 0 unspecified atom stereocenters. The zero-order valence-electron chi connectivity index (χ0n) is 15.1. The molecule has 1 amide bonds. The number of nitrogen functional groups attached to an aromatic ring is 1. The summed E-state index contributed by atoms with van der Waals surface area (Å²) in [5, 5.41) is 0. The van der Waals surface area contributed by atoms with Crippen LogP contribution in [0.25, 0.3) is 0 Å². The summed E-state index contributed by atoms with van der Waals surface area (Å²) < 4.78 is 45.6. The first-order valence-corrected chi connectivity index (χ1v) is 8.49. The number of nitrogens with two attached hydrogens (primary N) is 1. The van der Waals surface area contributed by atoms with Crippen molar-refractivity contribution in [3.05, 3.63) is 18.0 Å². The van der Waals surface area contributed by atoms with Crippen LogP contribution in [0.5, 0.6) is 0 Å². The van der Waals surface area contributed by atoms with Crippen molar-refractivity contribution in [2.75, 3.05) is 30.3 Å². The normalized spacial score (nSPS) is 19.6. The van der Waals surface area contributed by atoms with E-state index < -0.39 is 29.0 Å². The summed E-state index contributed by atoms with van der Waals surface area (Å²) in [5.74, 6) is 0. The van der Waals surface area contributed by atoms with Gasteiger partial charge in [0.05, 0.1) is 28.7 Å². The predicted octanol–water partition coefficient (Wildman–Crippen LogP) is 3.27. The molecule has 26 heavy (non-hydrogen) atoms. The van der Waals surface area contributed by atoms with Gasteiger partial charge in [0.1, 0.15) is 5.60 Å². The summed E-state index contributed by atoms with van der Waals surface area (Å²) in [4.78, 5) is 19.3. The van der Waals surface area contributed by atoms with Crippen molar-refractivity contribution in [3.8, 4) is 0 Å². The largest absolute Gasteiger partial charge is 0.444 e. The second-order valence-corrected chi connectivity index (χ2v) is 7.90. The molecule has 1 aromatic rings. The lowest BCUT2D eigenvalue weighted by Gasteiger charge is -2.44. The van der Waals surface area contributed by atoms with E-state index in [1.807, 2.05) is 0 Å². The van der Waals surface area contributed by atoms with Crippen molar-refractivity contribution >= 4 is 17.5 Å². The molecule has 144 valence electrons. The minimum absolute atomic E-state index is 0.0126. The van der Waals surface area contributed by atoms with Gasteiger partial charge in [0, 0.05) is 25.8 Å². The molecule has 1 saturated heterocycles. The van der Waals surface area contributed by atoms with Crippen LogP contribution in [0.1, 0.15) is 39.2 Å². The number of halogens is 3. The Morgan fingerprint density at radius 1 is 1.23 bits per heavy atom. The van der Waals surface area contributed by atoms with Crippen molar-refractivity contribution in [2.24, 2.45) is 0 Å². The van der Waals surface area contributed by atoms with E-state index in [4.69, 9.17) is 10.5 Å². The Bertz CT molecular complexity index is 711. The number of alkyl halides is 3. The van der Waals surface area contributed by atoms with Gasteiger partial charge < -0.3 is 15.4 Å². The van der Waals surface area contributed by atoms with E-state index in [-0.39, 0.29) is 24.5 Å². The van der Waals surface area contributed by atoms with E-state index in [1.54, 1.807) is 30.6 Å². The maximum atomic E-state index is 13.4. The first-order chi connectivity index (χ1) is 11.9. The van der Waals surface area contributed by atoms with Crippen molar-refractivity contribution in [1.82, 2.24) is 9.88 Å². The summed E-state index contributed by atoms with van der Waals surface area (Å²) in [6, 6.07) is 0. The van der Waals surface area contributed by atoms with Crippen LogP contribution in [0.3, 0.4) is 0 Å². The van der Waals surface area contributed by atoms with Gasteiger partial charge in [-0.3, -0.25) is 9.88 Å². The Balaban J connectivity index is 1.85. The molecule has 1 aromatic heterocycles. The zero-order valence-corrected chi connectivity index (χ0v) is 15.1. The van der Waals surface area contributed by atoms with Gasteiger partial charge in [-0.15, -0.1) is 0 Å². The number of aromatic nitrogens is 1. The highest BCUT2D eigenvalue weighted by molar-refractivity contribution is 5.74. The van der Waals surface area contributed by atoms with Crippen molar-refractivity contribution in [1.29, 1.82) is 0 Å². The molecule has 1 saturated carbocycles. The lowest BCUT2D eigenvalue weighted by atomic mass is 10.1. The van der Waals surface area contributed by atoms with Gasteiger partial charge in [0.2, 0.25) is 0 Å². The number of hydrogen-bond acceptors (Lipinski definition) is 5. The van der Waals surface area contributed by atoms with E-state index in [2.05, 4.69) is 4.98 Å². The number of carbonyl (C=O) groups is 1. The molecule has 9 heteroatoms. The Hall–Kier alpha value is -2.19. The molecule has 3 rings (SSSR count). The summed E-state index contributed by atoms with van der Waals surface area (Å²) in [6.45, 7) is 6.19. The average molecular weight is 372 g/mol. The second kappa shape index (κ2) is 5.92. The summed E-state index contributed by atoms with van der Waals surface area (Å²) in [6.07, 6.45) is -1.48. The summed E-state index contributed by atoms with van der Waals surface area (Å²) in [5.41, 5.74) is 3.80. The Morgan fingerprint density at radius 3 is 2.42 bits per heavy atom. The molecular weight excluding hydrogens is 349 g/mol. The second-order valence-electron chi connectivity index (χ2n) is 7.90. The van der Waals surface area contributed by atoms with E-state index in [1.165, 1.54) is 6.20 Å². The Morgan fingerprint density at radius 2 is 1.88 bits per heavy atom. The molecule has 2 heterocycles. The topological polar surface area (TPSA) is 71.7 Å². The molecular formula is C17H23F3N4O2. The molecule has 0 aromatic carbocycles. The van der Waals surface area contributed by atoms with E-state index >= 15 is 0 Å². The molecule has 2 aliphatic rings. The highest BCUT2D eigenvalue weighted by Crippen LogP contribution is 2.48. The molecule has 2 fully saturated rings. The average Bonchev–Trinajstić information content (AvgIpc) is 3.23. The number of hydrogen-bond donors (Lipinski definition) is 1. The van der Waals surface area contributed by atoms with Gasteiger partial charge in [-0.25, -0.2) is 4.79 Å². The van der Waals surface area contributed by atoms with Crippen molar-refractivity contribution < 1.29 is 22.7 Å². The lowest BCUT2D eigenvalue weighted by molar-refractivity contribution is -0.137. The number of ether oxygens (including phenoxy) is 1. The van der Waals surface area contributed by atoms with Crippen LogP contribution in [0.2, 0.25) is 0 Å². The smallest absolute Gasteiger partial charge is 0.419 e. The molecule has 0 radical (unpaired) electrons. The molecule has 6 nitrogen and oxygen atoms in total. The summed E-state index contributed by atoms with van der Waals surface area (Å²) >= 11 is 0. The van der Waals surface area contributed by atoms with Crippen LogP contribution in [-0.2, 0) is 10.9 Å². The van der Waals surface area contributed by atoms with E-state index in [0.29, 0.717) is 6.54 Å². The minimum Gasteiger partial charge on any atom is -0.444 e. The third-order valence-corrected chi connectivity index (χ3v) is 4.66. The third kappa shape index (κ3) is 3.52. The van der Waals surface area contributed by atoms with Gasteiger partial charge in [-0.2, -0.15) is 13.2 Å². The van der Waals surface area contributed by atoms with Gasteiger partial charge in [-0.05, 0) is 33.6 Å². The quantitative estimate of drug-likeness (QED) is 0.819. The number of nitrogens with zero attached hydrogens (tertiary/aromatic N) is 3. The van der Waals surface area contributed by atoms with Gasteiger partial charge in [0.15, 0.2) is 0 Å². The van der Waals surface area contributed by atoms with Gasteiger partial charge >= 0.3 is 12.3 Å². The monoisotopic (exact) mass is 372 g/mol. The van der Waals surface area contributed by atoms with Crippen LogP contribution in [0.4, 0.5) is 29.3 Å². The minimum atomic E-state index is -4.54. The number of amides is 1. The van der Waals surface area contributed by atoms with Crippen LogP contribution in [0.15, 0.2) is 12.4 Å². The Labute approximate surface area is 150 Å². The first kappa shape index (κ1) is 18.6. The maximum absolute atomic E-state index is 13.4. The molecule has 0 bridgehead atoms.